The second kappa shape index (κ2) is 5.14. The topological polar surface area (TPSA) is 24.9 Å². The first-order valence-corrected chi connectivity index (χ1v) is 7.74. The number of nitrogens with one attached hydrogen (secondary N) is 1. The first kappa shape index (κ1) is 13.5. The molecule has 0 unspecified atom stereocenters. The number of aromatic nitrogens is 1. The molecule has 0 saturated heterocycles. The SMILES string of the molecule is Cc1cc(C)c(Nc2nc3ccc(F)cc3s2)c(Br)c1. The standard InChI is InChI=1S/C15H12BrFN2S/c1-8-5-9(2)14(11(16)6-8)19-15-18-12-4-3-10(17)7-13(12)20-15/h3-7H,1-2H3,(H,18,19). The van der Waals surface area contributed by atoms with Gasteiger partial charge in [0, 0.05) is 4.47 Å². The number of hydrogen-bond acceptors (Lipinski definition) is 3. The Kier molecular flexibility index (Phi) is 3.48. The fraction of sp³-hybridized carbons (Fsp3) is 0.133. The Labute approximate surface area is 128 Å². The van der Waals surface area contributed by atoms with Crippen molar-refractivity contribution in [1.82, 2.24) is 4.98 Å². The first-order chi connectivity index (χ1) is 9.52. The van der Waals surface area contributed by atoms with Gasteiger partial charge in [0.05, 0.1) is 15.9 Å². The smallest absolute Gasteiger partial charge is 0.188 e. The Morgan fingerprint density at radius 3 is 2.75 bits per heavy atom. The van der Waals surface area contributed by atoms with Crippen LogP contribution in [0.25, 0.3) is 10.2 Å². The van der Waals surface area contributed by atoms with E-state index in [9.17, 15) is 4.39 Å². The van der Waals surface area contributed by atoms with Crippen molar-refractivity contribution in [2.45, 2.75) is 13.8 Å². The third-order valence-corrected chi connectivity index (χ3v) is 4.57. The van der Waals surface area contributed by atoms with Gasteiger partial charge in [0.25, 0.3) is 0 Å². The summed E-state index contributed by atoms with van der Waals surface area (Å²) >= 11 is 5.01. The van der Waals surface area contributed by atoms with E-state index in [1.807, 2.05) is 6.92 Å². The van der Waals surface area contributed by atoms with Gasteiger partial charge >= 0.3 is 0 Å². The molecule has 0 atom stereocenters. The van der Waals surface area contributed by atoms with Crippen LogP contribution in [0, 0.1) is 19.7 Å². The van der Waals surface area contributed by atoms with E-state index in [1.165, 1.54) is 29.0 Å². The summed E-state index contributed by atoms with van der Waals surface area (Å²) in [6, 6.07) is 8.81. The maximum atomic E-state index is 13.2. The van der Waals surface area contributed by atoms with E-state index in [1.54, 1.807) is 6.07 Å². The normalized spacial score (nSPS) is 11.0. The van der Waals surface area contributed by atoms with Gasteiger partial charge in [0.15, 0.2) is 5.13 Å². The van der Waals surface area contributed by atoms with Crippen LogP contribution >= 0.6 is 27.3 Å². The van der Waals surface area contributed by atoms with Crippen molar-refractivity contribution < 1.29 is 4.39 Å². The molecular weight excluding hydrogens is 339 g/mol. The molecule has 0 amide bonds. The molecule has 1 N–H and O–H groups in total. The fourth-order valence-electron chi connectivity index (χ4n) is 2.13. The van der Waals surface area contributed by atoms with E-state index in [-0.39, 0.29) is 5.82 Å². The molecule has 2 aromatic carbocycles. The molecule has 102 valence electrons. The van der Waals surface area contributed by atoms with Crippen LogP contribution < -0.4 is 5.32 Å². The molecule has 3 rings (SSSR count). The molecule has 5 heteroatoms. The molecule has 0 bridgehead atoms. The van der Waals surface area contributed by atoms with Gasteiger partial charge in [0.2, 0.25) is 0 Å². The number of nitrogens with zero attached hydrogens (tertiary/aromatic N) is 1. The number of fused-ring (bicyclic) bond motifs is 1. The van der Waals surface area contributed by atoms with Crippen molar-refractivity contribution in [2.75, 3.05) is 5.32 Å². The zero-order valence-electron chi connectivity index (χ0n) is 11.0. The average molecular weight is 351 g/mol. The van der Waals surface area contributed by atoms with Crippen LogP contribution in [0.4, 0.5) is 15.2 Å². The van der Waals surface area contributed by atoms with Gasteiger partial charge in [-0.05, 0) is 65.2 Å². The van der Waals surface area contributed by atoms with Crippen LogP contribution in [-0.4, -0.2) is 4.98 Å². The number of benzene rings is 2. The average Bonchev–Trinajstić information content (AvgIpc) is 2.75. The molecule has 1 heterocycles. The second-order valence-corrected chi connectivity index (χ2v) is 6.58. The highest BCUT2D eigenvalue weighted by molar-refractivity contribution is 9.10. The van der Waals surface area contributed by atoms with Crippen LogP contribution in [0.15, 0.2) is 34.8 Å². The molecule has 0 fully saturated rings. The van der Waals surface area contributed by atoms with Crippen molar-refractivity contribution in [2.24, 2.45) is 0 Å². The molecular formula is C15H12BrFN2S. The van der Waals surface area contributed by atoms with E-state index < -0.39 is 0 Å². The number of halogens is 2. The summed E-state index contributed by atoms with van der Waals surface area (Å²) in [7, 11) is 0. The molecule has 20 heavy (non-hydrogen) atoms. The largest absolute Gasteiger partial charge is 0.330 e. The fourth-order valence-corrected chi connectivity index (χ4v) is 3.80. The summed E-state index contributed by atoms with van der Waals surface area (Å²) in [6.07, 6.45) is 0. The predicted octanol–water partition coefficient (Wildman–Crippen LogP) is 5.56. The van der Waals surface area contributed by atoms with E-state index in [4.69, 9.17) is 0 Å². The Morgan fingerprint density at radius 1 is 1.20 bits per heavy atom. The minimum atomic E-state index is -0.236. The molecule has 0 spiro atoms. The van der Waals surface area contributed by atoms with Crippen LogP contribution in [0.3, 0.4) is 0 Å². The Bertz CT molecular complexity index is 775. The van der Waals surface area contributed by atoms with Crippen molar-refractivity contribution in [3.8, 4) is 0 Å². The zero-order chi connectivity index (χ0) is 14.3. The van der Waals surface area contributed by atoms with Gasteiger partial charge < -0.3 is 5.32 Å². The third-order valence-electron chi connectivity index (χ3n) is 3.01. The van der Waals surface area contributed by atoms with Crippen molar-refractivity contribution in [3.05, 3.63) is 51.7 Å². The highest BCUT2D eigenvalue weighted by atomic mass is 79.9. The molecule has 0 aliphatic rings. The highest BCUT2D eigenvalue weighted by Gasteiger charge is 2.09. The van der Waals surface area contributed by atoms with E-state index >= 15 is 0 Å². The lowest BCUT2D eigenvalue weighted by atomic mass is 10.1. The van der Waals surface area contributed by atoms with Gasteiger partial charge in [-0.25, -0.2) is 9.37 Å². The molecule has 3 aromatic rings. The molecule has 0 radical (unpaired) electrons. The number of hydrogen-bond donors (Lipinski definition) is 1. The summed E-state index contributed by atoms with van der Waals surface area (Å²) in [5.74, 6) is -0.236. The van der Waals surface area contributed by atoms with Crippen molar-refractivity contribution >= 4 is 48.3 Å². The van der Waals surface area contributed by atoms with Crippen LogP contribution in [0.5, 0.6) is 0 Å². The monoisotopic (exact) mass is 350 g/mol. The number of rotatable bonds is 2. The lowest BCUT2D eigenvalue weighted by molar-refractivity contribution is 0.630. The van der Waals surface area contributed by atoms with Gasteiger partial charge in [-0.3, -0.25) is 0 Å². The van der Waals surface area contributed by atoms with Crippen molar-refractivity contribution in [1.29, 1.82) is 0 Å². The minimum Gasteiger partial charge on any atom is -0.330 e. The maximum absolute atomic E-state index is 13.2. The summed E-state index contributed by atoms with van der Waals surface area (Å²) < 4.78 is 15.0. The quantitative estimate of drug-likeness (QED) is 0.654. The zero-order valence-corrected chi connectivity index (χ0v) is 13.4. The first-order valence-electron chi connectivity index (χ1n) is 6.13. The highest BCUT2D eigenvalue weighted by Crippen LogP contribution is 2.34. The van der Waals surface area contributed by atoms with Crippen molar-refractivity contribution in [3.63, 3.8) is 0 Å². The number of anilines is 2. The Morgan fingerprint density at radius 2 is 2.00 bits per heavy atom. The van der Waals surface area contributed by atoms with E-state index in [0.29, 0.717) is 0 Å². The molecule has 1 aromatic heterocycles. The number of aryl methyl sites for hydroxylation is 2. The summed E-state index contributed by atoms with van der Waals surface area (Å²) in [4.78, 5) is 4.47. The van der Waals surface area contributed by atoms with Gasteiger partial charge in [-0.2, -0.15) is 0 Å². The lowest BCUT2D eigenvalue weighted by Gasteiger charge is -2.10. The van der Waals surface area contributed by atoms with Crippen LogP contribution in [0.2, 0.25) is 0 Å². The maximum Gasteiger partial charge on any atom is 0.188 e. The van der Waals surface area contributed by atoms with Gasteiger partial charge in [0.1, 0.15) is 5.82 Å². The number of thiazole rings is 1. The van der Waals surface area contributed by atoms with Crippen LogP contribution in [0.1, 0.15) is 11.1 Å². The van der Waals surface area contributed by atoms with E-state index in [0.717, 1.165) is 31.1 Å². The summed E-state index contributed by atoms with van der Waals surface area (Å²) in [6.45, 7) is 4.11. The molecule has 0 saturated carbocycles. The molecule has 0 aliphatic carbocycles. The van der Waals surface area contributed by atoms with E-state index in [2.05, 4.69) is 45.3 Å². The van der Waals surface area contributed by atoms with Crippen LogP contribution in [-0.2, 0) is 0 Å². The van der Waals surface area contributed by atoms with Gasteiger partial charge in [-0.1, -0.05) is 17.4 Å². The minimum absolute atomic E-state index is 0.236. The summed E-state index contributed by atoms with van der Waals surface area (Å²) in [5.41, 5.74) is 4.14. The summed E-state index contributed by atoms with van der Waals surface area (Å²) in [5, 5.41) is 4.08. The Hall–Kier alpha value is -1.46. The molecule has 0 aliphatic heterocycles. The Balaban J connectivity index is 2.01. The van der Waals surface area contributed by atoms with Gasteiger partial charge in [-0.15, -0.1) is 0 Å². The third kappa shape index (κ3) is 2.55. The lowest BCUT2D eigenvalue weighted by Crippen LogP contribution is -1.94. The molecule has 2 nitrogen and oxygen atoms in total. The predicted molar refractivity (Wildman–Crippen MR) is 86.5 cm³/mol. The second-order valence-electron chi connectivity index (χ2n) is 4.69.